The van der Waals surface area contributed by atoms with E-state index in [2.05, 4.69) is 109 Å². The molecule has 0 unspecified atom stereocenters. The third-order valence-corrected chi connectivity index (χ3v) is 10.5. The molecule has 0 aliphatic rings. The first kappa shape index (κ1) is 28.6. The molecule has 0 N–H and O–H groups in total. The van der Waals surface area contributed by atoms with Gasteiger partial charge in [0.05, 0.1) is 0 Å². The Morgan fingerprint density at radius 2 is 0.960 bits per heavy atom. The van der Waals surface area contributed by atoms with Crippen molar-refractivity contribution in [3.05, 3.63) is 164 Å². The molecule has 50 heavy (non-hydrogen) atoms. The van der Waals surface area contributed by atoms with E-state index in [-0.39, 0.29) is 0 Å². The number of furan rings is 1. The molecule has 10 aromatic rings. The van der Waals surface area contributed by atoms with Crippen molar-refractivity contribution in [2.75, 3.05) is 0 Å². The first-order chi connectivity index (χ1) is 24.7. The van der Waals surface area contributed by atoms with Crippen molar-refractivity contribution >= 4 is 53.4 Å². The Labute approximate surface area is 292 Å². The van der Waals surface area contributed by atoms with Gasteiger partial charge in [-0.3, -0.25) is 0 Å². The Kier molecular flexibility index (Phi) is 6.64. The lowest BCUT2D eigenvalue weighted by molar-refractivity contribution is 0.669. The lowest BCUT2D eigenvalue weighted by Crippen LogP contribution is -2.00. The van der Waals surface area contributed by atoms with E-state index in [1.165, 1.54) is 42.4 Å². The second-order valence-electron chi connectivity index (χ2n) is 12.4. The number of fused-ring (bicyclic) bond motifs is 6. The fourth-order valence-electron chi connectivity index (χ4n) is 6.92. The van der Waals surface area contributed by atoms with Crippen LogP contribution in [0.4, 0.5) is 0 Å². The van der Waals surface area contributed by atoms with Gasteiger partial charge in [-0.25, -0.2) is 15.0 Å². The Morgan fingerprint density at radius 3 is 1.76 bits per heavy atom. The molecule has 234 valence electrons. The lowest BCUT2D eigenvalue weighted by atomic mass is 9.96. The largest absolute Gasteiger partial charge is 0.456 e. The summed E-state index contributed by atoms with van der Waals surface area (Å²) >= 11 is 1.80. The average Bonchev–Trinajstić information content (AvgIpc) is 3.76. The van der Waals surface area contributed by atoms with Crippen LogP contribution in [0.3, 0.4) is 0 Å². The number of nitrogens with zero attached hydrogens (tertiary/aromatic N) is 3. The number of rotatable bonds is 5. The average molecular weight is 658 g/mol. The zero-order chi connectivity index (χ0) is 33.0. The first-order valence-electron chi connectivity index (χ1n) is 16.6. The van der Waals surface area contributed by atoms with Crippen LogP contribution in [0.1, 0.15) is 0 Å². The minimum Gasteiger partial charge on any atom is -0.456 e. The molecule has 0 amide bonds. The van der Waals surface area contributed by atoms with Gasteiger partial charge in [0.15, 0.2) is 17.5 Å². The molecular weight excluding hydrogens is 631 g/mol. The van der Waals surface area contributed by atoms with Gasteiger partial charge in [-0.2, -0.15) is 0 Å². The van der Waals surface area contributed by atoms with Crippen molar-refractivity contribution in [3.63, 3.8) is 0 Å². The van der Waals surface area contributed by atoms with E-state index in [9.17, 15) is 0 Å². The zero-order valence-corrected chi connectivity index (χ0v) is 27.6. The maximum absolute atomic E-state index is 6.22. The van der Waals surface area contributed by atoms with E-state index in [0.717, 1.165) is 38.6 Å². The standard InChI is InChI=1S/C45H27N3OS/c1-3-11-28(12-4-1)30-15-9-16-31(25-30)34-18-10-20-40-42(34)37-24-22-33(27-41(37)50-40)45-47-43(29-13-5-2-6-14-29)46-44(48-45)32-21-23-36-35-17-7-8-19-38(35)49-39(36)26-32/h1-27H. The molecular formula is C45H27N3OS. The van der Waals surface area contributed by atoms with Crippen LogP contribution in [0.5, 0.6) is 0 Å². The Morgan fingerprint density at radius 1 is 0.360 bits per heavy atom. The third kappa shape index (κ3) is 4.87. The quantitative estimate of drug-likeness (QED) is 0.185. The van der Waals surface area contributed by atoms with E-state index in [1.807, 2.05) is 54.6 Å². The monoisotopic (exact) mass is 657 g/mol. The molecule has 4 nitrogen and oxygen atoms in total. The number of hydrogen-bond acceptors (Lipinski definition) is 5. The molecule has 0 radical (unpaired) electrons. The van der Waals surface area contributed by atoms with Gasteiger partial charge in [0.1, 0.15) is 11.2 Å². The van der Waals surface area contributed by atoms with Gasteiger partial charge in [-0.1, -0.05) is 127 Å². The number of benzene rings is 7. The SMILES string of the molecule is c1ccc(-c2cccc(-c3cccc4sc5cc(-c6nc(-c7ccccc7)nc(-c7ccc8c(c7)oc7ccccc78)n6)ccc5c34)c2)cc1. The van der Waals surface area contributed by atoms with Crippen molar-refractivity contribution in [2.24, 2.45) is 0 Å². The van der Waals surface area contributed by atoms with Gasteiger partial charge >= 0.3 is 0 Å². The highest BCUT2D eigenvalue weighted by Gasteiger charge is 2.17. The number of aromatic nitrogens is 3. The van der Waals surface area contributed by atoms with Crippen LogP contribution in [-0.2, 0) is 0 Å². The predicted octanol–water partition coefficient (Wildman–Crippen LogP) is 12.5. The van der Waals surface area contributed by atoms with E-state index >= 15 is 0 Å². The molecule has 0 aliphatic heterocycles. The van der Waals surface area contributed by atoms with E-state index in [4.69, 9.17) is 19.4 Å². The number of para-hydroxylation sites is 1. The highest BCUT2D eigenvalue weighted by molar-refractivity contribution is 7.26. The van der Waals surface area contributed by atoms with Crippen molar-refractivity contribution < 1.29 is 4.42 Å². The second-order valence-corrected chi connectivity index (χ2v) is 13.5. The summed E-state index contributed by atoms with van der Waals surface area (Å²) in [5.41, 5.74) is 9.29. The van der Waals surface area contributed by atoms with Crippen molar-refractivity contribution in [1.82, 2.24) is 15.0 Å². The van der Waals surface area contributed by atoms with Gasteiger partial charge in [-0.05, 0) is 58.7 Å². The van der Waals surface area contributed by atoms with Crippen molar-refractivity contribution in [3.8, 4) is 56.4 Å². The number of thiophene rings is 1. The normalized spacial score (nSPS) is 11.6. The van der Waals surface area contributed by atoms with Crippen LogP contribution >= 0.6 is 11.3 Å². The van der Waals surface area contributed by atoms with Crippen molar-refractivity contribution in [2.45, 2.75) is 0 Å². The molecule has 3 heterocycles. The van der Waals surface area contributed by atoms with Gasteiger partial charge < -0.3 is 4.42 Å². The van der Waals surface area contributed by atoms with Crippen molar-refractivity contribution in [1.29, 1.82) is 0 Å². The van der Waals surface area contributed by atoms with E-state index < -0.39 is 0 Å². The third-order valence-electron chi connectivity index (χ3n) is 9.34. The molecule has 0 saturated heterocycles. The fourth-order valence-corrected chi connectivity index (χ4v) is 8.09. The zero-order valence-electron chi connectivity index (χ0n) is 26.7. The summed E-state index contributed by atoms with van der Waals surface area (Å²) in [5.74, 6) is 1.87. The smallest absolute Gasteiger partial charge is 0.164 e. The predicted molar refractivity (Wildman–Crippen MR) is 207 cm³/mol. The van der Waals surface area contributed by atoms with E-state index in [0.29, 0.717) is 17.5 Å². The van der Waals surface area contributed by atoms with Crippen LogP contribution in [0.15, 0.2) is 168 Å². The summed E-state index contributed by atoms with van der Waals surface area (Å²) in [5, 5.41) is 4.66. The van der Waals surface area contributed by atoms with E-state index in [1.54, 1.807) is 11.3 Å². The molecule has 7 aromatic carbocycles. The molecule has 0 fully saturated rings. The van der Waals surface area contributed by atoms with Crippen LogP contribution in [0.25, 0.3) is 98.5 Å². The maximum Gasteiger partial charge on any atom is 0.164 e. The minimum atomic E-state index is 0.605. The second kappa shape index (κ2) is 11.6. The Balaban J connectivity index is 1.11. The summed E-state index contributed by atoms with van der Waals surface area (Å²) in [7, 11) is 0. The van der Waals surface area contributed by atoms with Gasteiger partial charge in [0, 0.05) is 47.6 Å². The molecule has 0 bridgehead atoms. The van der Waals surface area contributed by atoms with Crippen LogP contribution < -0.4 is 0 Å². The summed E-state index contributed by atoms with van der Waals surface area (Å²) in [4.78, 5) is 15.1. The van der Waals surface area contributed by atoms with Gasteiger partial charge in [-0.15, -0.1) is 11.3 Å². The fraction of sp³-hybridized carbons (Fsp3) is 0. The first-order valence-corrected chi connectivity index (χ1v) is 17.4. The van der Waals surface area contributed by atoms with Gasteiger partial charge in [0.2, 0.25) is 0 Å². The number of hydrogen-bond donors (Lipinski definition) is 0. The molecule has 5 heteroatoms. The lowest BCUT2D eigenvalue weighted by Gasteiger charge is -2.09. The van der Waals surface area contributed by atoms with Crippen LogP contribution in [0.2, 0.25) is 0 Å². The highest BCUT2D eigenvalue weighted by Crippen LogP contribution is 2.42. The molecule has 0 spiro atoms. The minimum absolute atomic E-state index is 0.605. The molecule has 0 atom stereocenters. The summed E-state index contributed by atoms with van der Waals surface area (Å²) < 4.78 is 8.66. The summed E-state index contributed by atoms with van der Waals surface area (Å²) in [6.07, 6.45) is 0. The molecule has 0 saturated carbocycles. The highest BCUT2D eigenvalue weighted by atomic mass is 32.1. The summed E-state index contributed by atoms with van der Waals surface area (Å²) in [6, 6.07) is 57.0. The molecule has 3 aromatic heterocycles. The summed E-state index contributed by atoms with van der Waals surface area (Å²) in [6.45, 7) is 0. The van der Waals surface area contributed by atoms with Crippen LogP contribution in [-0.4, -0.2) is 15.0 Å². The Bertz CT molecular complexity index is 2870. The molecule has 10 rings (SSSR count). The molecule has 0 aliphatic carbocycles. The Hall–Kier alpha value is -6.43. The maximum atomic E-state index is 6.22. The van der Waals surface area contributed by atoms with Crippen LogP contribution in [0, 0.1) is 0 Å². The van der Waals surface area contributed by atoms with Gasteiger partial charge in [0.25, 0.3) is 0 Å². The topological polar surface area (TPSA) is 51.8 Å².